The number of nitrogens with one attached hydrogen (secondary N) is 2. The fraction of sp³-hybridized carbons (Fsp3) is 0.364. The summed E-state index contributed by atoms with van der Waals surface area (Å²) >= 11 is 0. The zero-order valence-corrected chi connectivity index (χ0v) is 9.32. The maximum Gasteiger partial charge on any atom is 0.319 e. The van der Waals surface area contributed by atoms with Crippen LogP contribution in [-0.2, 0) is 0 Å². The van der Waals surface area contributed by atoms with E-state index in [1.807, 2.05) is 12.2 Å². The monoisotopic (exact) mass is 246 g/mol. The number of urea groups is 1. The van der Waals surface area contributed by atoms with Crippen LogP contribution in [0.5, 0.6) is 0 Å². The zero-order valence-electron chi connectivity index (χ0n) is 9.32. The highest BCUT2D eigenvalue weighted by molar-refractivity contribution is 5.89. The molecule has 0 bridgehead atoms. The molecule has 1 aromatic carbocycles. The topological polar surface area (TPSA) is 41.1 Å². The predicted molar refractivity (Wildman–Crippen MR) is 58.2 cm³/mol. The van der Waals surface area contributed by atoms with E-state index in [0.29, 0.717) is 18.7 Å². The lowest BCUT2D eigenvalue weighted by molar-refractivity contribution is 0.251. The van der Waals surface area contributed by atoms with Crippen molar-refractivity contribution in [3.63, 3.8) is 0 Å². The Morgan fingerprint density at radius 2 is 1.82 bits per heavy atom. The van der Waals surface area contributed by atoms with E-state index in [0.717, 1.165) is 12.8 Å². The number of anilines is 1. The van der Waals surface area contributed by atoms with Gasteiger partial charge in [-0.05, 0) is 6.42 Å². The first-order valence-corrected chi connectivity index (χ1v) is 5.24. The number of hydrogen-bond donors (Lipinski definition) is 2. The molecule has 6 heteroatoms. The third-order valence-electron chi connectivity index (χ3n) is 2.06. The van der Waals surface area contributed by atoms with Gasteiger partial charge in [-0.3, -0.25) is 0 Å². The van der Waals surface area contributed by atoms with Crippen molar-refractivity contribution in [2.45, 2.75) is 19.8 Å². The standard InChI is InChI=1S/C11H13F3N2O/c1-2-3-4-15-11(17)16-10-8(13)5-7(12)6-9(10)14/h5-6H,2-4H2,1H3,(H2,15,16,17). The molecule has 0 aromatic heterocycles. The van der Waals surface area contributed by atoms with Crippen LogP contribution in [0.15, 0.2) is 12.1 Å². The maximum atomic E-state index is 13.1. The molecule has 1 rings (SSSR count). The average molecular weight is 246 g/mol. The first-order valence-electron chi connectivity index (χ1n) is 5.24. The van der Waals surface area contributed by atoms with Crippen molar-refractivity contribution in [3.8, 4) is 0 Å². The van der Waals surface area contributed by atoms with E-state index in [1.54, 1.807) is 0 Å². The van der Waals surface area contributed by atoms with Crippen LogP contribution in [0.1, 0.15) is 19.8 Å². The van der Waals surface area contributed by atoms with Crippen LogP contribution in [0, 0.1) is 17.5 Å². The molecule has 0 aliphatic carbocycles. The molecule has 0 saturated carbocycles. The van der Waals surface area contributed by atoms with Gasteiger partial charge >= 0.3 is 6.03 Å². The number of hydrogen-bond acceptors (Lipinski definition) is 1. The van der Waals surface area contributed by atoms with Crippen LogP contribution in [-0.4, -0.2) is 12.6 Å². The summed E-state index contributed by atoms with van der Waals surface area (Å²) in [6.45, 7) is 2.35. The molecule has 0 atom stereocenters. The molecule has 3 nitrogen and oxygen atoms in total. The lowest BCUT2D eigenvalue weighted by Gasteiger charge is -2.08. The molecule has 2 N–H and O–H groups in total. The largest absolute Gasteiger partial charge is 0.338 e. The Bertz CT molecular complexity index is 387. The Kier molecular flexibility index (Phi) is 4.81. The second-order valence-electron chi connectivity index (χ2n) is 3.48. The number of benzene rings is 1. The van der Waals surface area contributed by atoms with Gasteiger partial charge in [0.25, 0.3) is 0 Å². The number of carbonyl (C=O) groups is 1. The van der Waals surface area contributed by atoms with Gasteiger partial charge in [-0.25, -0.2) is 18.0 Å². The minimum atomic E-state index is -1.15. The molecule has 2 amide bonds. The first-order chi connectivity index (χ1) is 8.04. The fourth-order valence-electron chi connectivity index (χ4n) is 1.20. The quantitative estimate of drug-likeness (QED) is 0.788. The normalized spacial score (nSPS) is 10.1. The Morgan fingerprint density at radius 1 is 1.24 bits per heavy atom. The molecule has 0 saturated heterocycles. The van der Waals surface area contributed by atoms with Gasteiger partial charge in [0, 0.05) is 18.7 Å². The molecular formula is C11H13F3N2O. The Balaban J connectivity index is 2.65. The van der Waals surface area contributed by atoms with Gasteiger partial charge in [0.1, 0.15) is 11.5 Å². The van der Waals surface area contributed by atoms with Crippen LogP contribution < -0.4 is 10.6 Å². The molecular weight excluding hydrogens is 233 g/mol. The van der Waals surface area contributed by atoms with Crippen molar-refractivity contribution in [2.75, 3.05) is 11.9 Å². The van der Waals surface area contributed by atoms with E-state index in [4.69, 9.17) is 0 Å². The van der Waals surface area contributed by atoms with Gasteiger partial charge in [-0.1, -0.05) is 13.3 Å². The SMILES string of the molecule is CCCCNC(=O)Nc1c(F)cc(F)cc1F. The zero-order chi connectivity index (χ0) is 12.8. The average Bonchev–Trinajstić information content (AvgIpc) is 2.24. The van der Waals surface area contributed by atoms with E-state index in [2.05, 4.69) is 5.32 Å². The molecule has 0 aliphatic rings. The van der Waals surface area contributed by atoms with Gasteiger partial charge in [0.2, 0.25) is 0 Å². The number of carbonyl (C=O) groups excluding carboxylic acids is 1. The van der Waals surface area contributed by atoms with Gasteiger partial charge < -0.3 is 10.6 Å². The van der Waals surface area contributed by atoms with E-state index in [9.17, 15) is 18.0 Å². The molecule has 17 heavy (non-hydrogen) atoms. The minimum Gasteiger partial charge on any atom is -0.338 e. The summed E-state index contributed by atoms with van der Waals surface area (Å²) in [6.07, 6.45) is 1.65. The summed E-state index contributed by atoms with van der Waals surface area (Å²) in [7, 11) is 0. The molecule has 1 aromatic rings. The lowest BCUT2D eigenvalue weighted by atomic mass is 10.3. The lowest BCUT2D eigenvalue weighted by Crippen LogP contribution is -2.30. The summed E-state index contributed by atoms with van der Waals surface area (Å²) in [5, 5.41) is 4.42. The minimum absolute atomic E-state index is 0.409. The predicted octanol–water partition coefficient (Wildman–Crippen LogP) is 3.03. The van der Waals surface area contributed by atoms with Crippen molar-refractivity contribution < 1.29 is 18.0 Å². The summed E-state index contributed by atoms with van der Waals surface area (Å²) in [5.74, 6) is -3.32. The van der Waals surface area contributed by atoms with E-state index >= 15 is 0 Å². The van der Waals surface area contributed by atoms with Crippen LogP contribution in [0.2, 0.25) is 0 Å². The molecule has 0 fully saturated rings. The Labute approximate surface area is 97.0 Å². The van der Waals surface area contributed by atoms with Crippen molar-refractivity contribution in [3.05, 3.63) is 29.6 Å². The van der Waals surface area contributed by atoms with E-state index in [1.165, 1.54) is 0 Å². The third-order valence-corrected chi connectivity index (χ3v) is 2.06. The van der Waals surface area contributed by atoms with Crippen LogP contribution in [0.4, 0.5) is 23.7 Å². The molecule has 0 aliphatic heterocycles. The number of halogens is 3. The summed E-state index contributed by atoms with van der Waals surface area (Å²) < 4.78 is 38.9. The number of rotatable bonds is 4. The summed E-state index contributed by atoms with van der Waals surface area (Å²) in [6, 6.07) is 0.290. The van der Waals surface area contributed by atoms with Crippen LogP contribution >= 0.6 is 0 Å². The first kappa shape index (κ1) is 13.3. The highest BCUT2D eigenvalue weighted by Gasteiger charge is 2.13. The fourth-order valence-corrected chi connectivity index (χ4v) is 1.20. The second kappa shape index (κ2) is 6.12. The highest BCUT2D eigenvalue weighted by Crippen LogP contribution is 2.19. The third kappa shape index (κ3) is 3.97. The van der Waals surface area contributed by atoms with Gasteiger partial charge in [0.15, 0.2) is 11.6 Å². The van der Waals surface area contributed by atoms with Crippen molar-refractivity contribution >= 4 is 11.7 Å². The number of unbranched alkanes of at least 4 members (excludes halogenated alkanes) is 1. The van der Waals surface area contributed by atoms with Crippen LogP contribution in [0.3, 0.4) is 0 Å². The Morgan fingerprint density at radius 3 is 2.35 bits per heavy atom. The summed E-state index contributed by atoms with van der Waals surface area (Å²) in [4.78, 5) is 11.2. The molecule has 94 valence electrons. The maximum absolute atomic E-state index is 13.1. The van der Waals surface area contributed by atoms with E-state index in [-0.39, 0.29) is 0 Å². The van der Waals surface area contributed by atoms with E-state index < -0.39 is 29.2 Å². The number of amides is 2. The highest BCUT2D eigenvalue weighted by atomic mass is 19.1. The van der Waals surface area contributed by atoms with Crippen molar-refractivity contribution in [2.24, 2.45) is 0 Å². The van der Waals surface area contributed by atoms with Crippen molar-refractivity contribution in [1.82, 2.24) is 5.32 Å². The smallest absolute Gasteiger partial charge is 0.319 e. The van der Waals surface area contributed by atoms with Crippen molar-refractivity contribution in [1.29, 1.82) is 0 Å². The summed E-state index contributed by atoms with van der Waals surface area (Å²) in [5.41, 5.74) is -0.652. The molecule has 0 unspecified atom stereocenters. The van der Waals surface area contributed by atoms with Gasteiger partial charge in [-0.2, -0.15) is 0 Å². The molecule has 0 radical (unpaired) electrons. The molecule has 0 spiro atoms. The molecule has 0 heterocycles. The van der Waals surface area contributed by atoms with Crippen LogP contribution in [0.25, 0.3) is 0 Å². The van der Waals surface area contributed by atoms with Gasteiger partial charge in [0.05, 0.1) is 0 Å². The van der Waals surface area contributed by atoms with Gasteiger partial charge in [-0.15, -0.1) is 0 Å². The second-order valence-corrected chi connectivity index (χ2v) is 3.48. The Hall–Kier alpha value is -1.72.